The van der Waals surface area contributed by atoms with Crippen molar-refractivity contribution in [1.29, 1.82) is 0 Å². The van der Waals surface area contributed by atoms with E-state index in [0.29, 0.717) is 0 Å². The number of non-ortho nitro benzene ring substituents is 1. The fourth-order valence-corrected chi connectivity index (χ4v) is 2.21. The van der Waals surface area contributed by atoms with Gasteiger partial charge in [0.2, 0.25) is 0 Å². The first kappa shape index (κ1) is 20.0. The van der Waals surface area contributed by atoms with E-state index in [1.54, 1.807) is 0 Å². The van der Waals surface area contributed by atoms with Crippen molar-refractivity contribution in [2.24, 2.45) is 0 Å². The molecule has 9 nitrogen and oxygen atoms in total. The van der Waals surface area contributed by atoms with Crippen LogP contribution in [-0.4, -0.2) is 30.0 Å². The van der Waals surface area contributed by atoms with Crippen LogP contribution < -0.4 is 15.8 Å². The molecule has 142 valence electrons. The molecule has 1 amide bonds. The highest BCUT2D eigenvalue weighted by atomic mass is 35.5. The fourth-order valence-electron chi connectivity index (χ4n) is 2.09. The Kier molecular flexibility index (Phi) is 6.19. The predicted octanol–water partition coefficient (Wildman–Crippen LogP) is 3.02. The summed E-state index contributed by atoms with van der Waals surface area (Å²) in [5.74, 6) is -1.24. The third kappa shape index (κ3) is 4.85. The lowest BCUT2D eigenvalue weighted by Crippen LogP contribution is -2.30. The molecule has 0 spiro atoms. The molecule has 0 radical (unpaired) electrons. The second-order valence-electron chi connectivity index (χ2n) is 5.41. The molecule has 27 heavy (non-hydrogen) atoms. The smallest absolute Gasteiger partial charge is 0.338 e. The lowest BCUT2D eigenvalue weighted by atomic mass is 10.2. The summed E-state index contributed by atoms with van der Waals surface area (Å²) in [4.78, 5) is 34.7. The molecule has 0 saturated carbocycles. The largest absolute Gasteiger partial charge is 0.495 e. The summed E-state index contributed by atoms with van der Waals surface area (Å²) in [6.45, 7) is 1.36. The van der Waals surface area contributed by atoms with Crippen molar-refractivity contribution in [1.82, 2.24) is 0 Å². The first-order valence-electron chi connectivity index (χ1n) is 7.62. The van der Waals surface area contributed by atoms with Crippen molar-refractivity contribution < 1.29 is 24.0 Å². The van der Waals surface area contributed by atoms with Crippen molar-refractivity contribution in [3.63, 3.8) is 0 Å². The number of carbonyl (C=O) groups is 2. The topological polar surface area (TPSA) is 134 Å². The van der Waals surface area contributed by atoms with E-state index in [4.69, 9.17) is 26.8 Å². The van der Waals surface area contributed by atoms with Gasteiger partial charge in [0.15, 0.2) is 6.10 Å². The Morgan fingerprint density at radius 2 is 1.96 bits per heavy atom. The van der Waals surface area contributed by atoms with Crippen molar-refractivity contribution in [3.05, 3.63) is 57.1 Å². The first-order valence-corrected chi connectivity index (χ1v) is 8.00. The van der Waals surface area contributed by atoms with E-state index in [2.05, 4.69) is 5.32 Å². The number of rotatable bonds is 6. The SMILES string of the molecule is COc1ccc([N+](=O)[O-])cc1NC(=O)[C@@H](C)OC(=O)c1ccc(Cl)c(N)c1. The van der Waals surface area contributed by atoms with Gasteiger partial charge in [-0.3, -0.25) is 14.9 Å². The Bertz CT molecular complexity index is 902. The zero-order valence-corrected chi connectivity index (χ0v) is 15.1. The van der Waals surface area contributed by atoms with Gasteiger partial charge in [-0.15, -0.1) is 0 Å². The van der Waals surface area contributed by atoms with Gasteiger partial charge < -0.3 is 20.5 Å². The van der Waals surface area contributed by atoms with Crippen LogP contribution in [-0.2, 0) is 9.53 Å². The average molecular weight is 394 g/mol. The maximum atomic E-state index is 12.3. The van der Waals surface area contributed by atoms with Gasteiger partial charge in [0.1, 0.15) is 5.75 Å². The van der Waals surface area contributed by atoms with Gasteiger partial charge in [0, 0.05) is 12.1 Å². The molecule has 1 atom stereocenters. The maximum absolute atomic E-state index is 12.3. The highest BCUT2D eigenvalue weighted by Gasteiger charge is 2.22. The van der Waals surface area contributed by atoms with Crippen LogP contribution in [0, 0.1) is 10.1 Å². The molecule has 2 rings (SSSR count). The maximum Gasteiger partial charge on any atom is 0.338 e. The molecular formula is C17H16ClN3O6. The standard InChI is InChI=1S/C17H16ClN3O6/c1-9(27-17(23)10-3-5-12(18)13(19)7-10)16(22)20-14-8-11(21(24)25)4-6-15(14)26-2/h3-9H,19H2,1-2H3,(H,20,22)/t9-/m1/s1. The second kappa shape index (κ2) is 8.37. The van der Waals surface area contributed by atoms with Crippen LogP contribution in [0.4, 0.5) is 17.1 Å². The van der Waals surface area contributed by atoms with E-state index in [9.17, 15) is 19.7 Å². The third-order valence-electron chi connectivity index (χ3n) is 3.54. The summed E-state index contributed by atoms with van der Waals surface area (Å²) in [5.41, 5.74) is 5.81. The Hall–Kier alpha value is -3.33. The summed E-state index contributed by atoms with van der Waals surface area (Å²) in [5, 5.41) is 13.6. The van der Waals surface area contributed by atoms with E-state index in [-0.39, 0.29) is 33.4 Å². The summed E-state index contributed by atoms with van der Waals surface area (Å²) in [6.07, 6.45) is -1.18. The number of nitro benzene ring substituents is 1. The van der Waals surface area contributed by atoms with Gasteiger partial charge in [-0.05, 0) is 31.2 Å². The normalized spacial score (nSPS) is 11.4. The highest BCUT2D eigenvalue weighted by molar-refractivity contribution is 6.33. The van der Waals surface area contributed by atoms with Gasteiger partial charge in [0.05, 0.1) is 34.0 Å². The van der Waals surface area contributed by atoms with Gasteiger partial charge >= 0.3 is 5.97 Å². The van der Waals surface area contributed by atoms with Crippen LogP contribution >= 0.6 is 11.6 Å². The van der Waals surface area contributed by atoms with Gasteiger partial charge in [-0.2, -0.15) is 0 Å². The lowest BCUT2D eigenvalue weighted by molar-refractivity contribution is -0.384. The number of ether oxygens (including phenoxy) is 2. The van der Waals surface area contributed by atoms with E-state index in [1.807, 2.05) is 0 Å². The molecule has 0 saturated heterocycles. The lowest BCUT2D eigenvalue weighted by Gasteiger charge is -2.15. The van der Waals surface area contributed by atoms with Crippen LogP contribution in [0.1, 0.15) is 17.3 Å². The molecule has 0 aromatic heterocycles. The Morgan fingerprint density at radius 3 is 2.56 bits per heavy atom. The molecule has 0 unspecified atom stereocenters. The molecular weight excluding hydrogens is 378 g/mol. The Labute approximate surface area is 159 Å². The molecule has 0 aliphatic carbocycles. The van der Waals surface area contributed by atoms with Gasteiger partial charge in [-0.1, -0.05) is 11.6 Å². The number of nitrogens with one attached hydrogen (secondary N) is 1. The molecule has 3 N–H and O–H groups in total. The Balaban J connectivity index is 2.11. The second-order valence-corrected chi connectivity index (χ2v) is 5.82. The van der Waals surface area contributed by atoms with Gasteiger partial charge in [-0.25, -0.2) is 4.79 Å². The molecule has 0 fully saturated rings. The number of esters is 1. The Morgan fingerprint density at radius 1 is 1.26 bits per heavy atom. The molecule has 0 aliphatic heterocycles. The van der Waals surface area contributed by atoms with Crippen LogP contribution in [0.15, 0.2) is 36.4 Å². The third-order valence-corrected chi connectivity index (χ3v) is 3.88. The number of nitrogens with zero attached hydrogens (tertiary/aromatic N) is 1. The average Bonchev–Trinajstić information content (AvgIpc) is 2.63. The highest BCUT2D eigenvalue weighted by Crippen LogP contribution is 2.29. The molecule has 0 bridgehead atoms. The monoisotopic (exact) mass is 393 g/mol. The van der Waals surface area contributed by atoms with Gasteiger partial charge in [0.25, 0.3) is 11.6 Å². The summed E-state index contributed by atoms with van der Waals surface area (Å²) >= 11 is 5.79. The minimum Gasteiger partial charge on any atom is -0.495 e. The summed E-state index contributed by atoms with van der Waals surface area (Å²) < 4.78 is 10.2. The number of halogens is 1. The number of carbonyl (C=O) groups excluding carboxylic acids is 2. The van der Waals surface area contributed by atoms with Crippen LogP contribution in [0.5, 0.6) is 5.75 Å². The zero-order valence-electron chi connectivity index (χ0n) is 14.4. The van der Waals surface area contributed by atoms with Crippen molar-refractivity contribution >= 4 is 40.5 Å². The molecule has 0 aliphatic rings. The number of anilines is 2. The van der Waals surface area contributed by atoms with Crippen LogP contribution in [0.2, 0.25) is 5.02 Å². The molecule has 0 heterocycles. The molecule has 2 aromatic rings. The zero-order chi connectivity index (χ0) is 20.1. The van der Waals surface area contributed by atoms with Crippen molar-refractivity contribution in [2.45, 2.75) is 13.0 Å². The quantitative estimate of drug-likeness (QED) is 0.333. The number of amides is 1. The summed E-state index contributed by atoms with van der Waals surface area (Å²) in [6, 6.07) is 7.91. The van der Waals surface area contributed by atoms with E-state index >= 15 is 0 Å². The minimum absolute atomic E-state index is 0.0790. The first-order chi connectivity index (χ1) is 12.7. The molecule has 10 heteroatoms. The van der Waals surface area contributed by atoms with Crippen molar-refractivity contribution in [3.8, 4) is 5.75 Å². The number of nitro groups is 1. The van der Waals surface area contributed by atoms with E-state index in [1.165, 1.54) is 44.4 Å². The number of hydrogen-bond donors (Lipinski definition) is 2. The van der Waals surface area contributed by atoms with Crippen molar-refractivity contribution in [2.75, 3.05) is 18.2 Å². The van der Waals surface area contributed by atoms with E-state index < -0.39 is 22.9 Å². The van der Waals surface area contributed by atoms with E-state index in [0.717, 1.165) is 6.07 Å². The molecule has 2 aromatic carbocycles. The number of methoxy groups -OCH3 is 1. The minimum atomic E-state index is -1.18. The summed E-state index contributed by atoms with van der Waals surface area (Å²) in [7, 11) is 1.35. The van der Waals surface area contributed by atoms with Crippen LogP contribution in [0.3, 0.4) is 0 Å². The number of nitrogen functional groups attached to an aromatic ring is 1. The number of benzene rings is 2. The van der Waals surface area contributed by atoms with Crippen LogP contribution in [0.25, 0.3) is 0 Å². The number of hydrogen-bond acceptors (Lipinski definition) is 7. The fraction of sp³-hybridized carbons (Fsp3) is 0.176. The number of nitrogens with two attached hydrogens (primary N) is 1. The predicted molar refractivity (Wildman–Crippen MR) is 99.0 cm³/mol.